The first-order valence-corrected chi connectivity index (χ1v) is 9.44. The number of fused-ring (bicyclic) bond motifs is 3. The molecule has 0 aromatic heterocycles. The van der Waals surface area contributed by atoms with Crippen molar-refractivity contribution in [3.8, 4) is 0 Å². The van der Waals surface area contributed by atoms with Gasteiger partial charge in [-0.05, 0) is 0 Å². The maximum absolute atomic E-state index is 2.99. The topological polar surface area (TPSA) is 0 Å². The van der Waals surface area contributed by atoms with Gasteiger partial charge in [-0.15, -0.1) is 46.2 Å². The Kier molecular flexibility index (Phi) is 10.2. The molecule has 0 N–H and O–H groups in total. The Hall–Kier alpha value is -1.63. The van der Waals surface area contributed by atoms with Crippen LogP contribution in [0.25, 0.3) is 21.5 Å². The smallest absolute Gasteiger partial charge is 0.0771 e. The quantitative estimate of drug-likeness (QED) is 0.287. The summed E-state index contributed by atoms with van der Waals surface area (Å²) in [5, 5.41) is 5.39. The third-order valence-corrected chi connectivity index (χ3v) is 5.10. The van der Waals surface area contributed by atoms with Gasteiger partial charge in [-0.2, -0.15) is 6.08 Å². The summed E-state index contributed by atoms with van der Waals surface area (Å²) in [6, 6.07) is 19.3. The van der Waals surface area contributed by atoms with Crippen LogP contribution in [0, 0.1) is 20.9 Å². The van der Waals surface area contributed by atoms with E-state index in [0.29, 0.717) is 0 Å². The SMILES string of the molecule is [C-]1=CC=CC1.[CH3-].[CH3-].[Ti]=[C]1CCCC1.c1ccc2c(c1)[cH-]c1ccccc12. The zero-order valence-corrected chi connectivity index (χ0v) is 17.5. The second-order valence-electron chi connectivity index (χ2n) is 6.13. The minimum absolute atomic E-state index is 0. The van der Waals surface area contributed by atoms with Gasteiger partial charge in [0.15, 0.2) is 0 Å². The van der Waals surface area contributed by atoms with Gasteiger partial charge in [0.2, 0.25) is 0 Å². The minimum Gasteiger partial charge on any atom is -0.126 e. The van der Waals surface area contributed by atoms with Crippen LogP contribution in [0.4, 0.5) is 0 Å². The summed E-state index contributed by atoms with van der Waals surface area (Å²) in [6.45, 7) is 0. The molecule has 0 saturated heterocycles. The van der Waals surface area contributed by atoms with Crippen molar-refractivity contribution in [1.82, 2.24) is 0 Å². The maximum Gasteiger partial charge on any atom is -0.0771 e. The molecule has 0 amide bonds. The van der Waals surface area contributed by atoms with Crippen molar-refractivity contribution in [1.29, 1.82) is 0 Å². The zero-order valence-electron chi connectivity index (χ0n) is 16.0. The fourth-order valence-electron chi connectivity index (χ4n) is 3.05. The first-order valence-electron chi connectivity index (χ1n) is 8.66. The molecular formula is C25H28Ti-4. The molecule has 2 aliphatic rings. The molecule has 1 saturated carbocycles. The molecule has 0 atom stereocenters. The number of allylic oxidation sites excluding steroid dienone is 4. The summed E-state index contributed by atoms with van der Waals surface area (Å²) in [6.07, 6.45) is 15.7. The zero-order chi connectivity index (χ0) is 16.6. The van der Waals surface area contributed by atoms with Crippen LogP contribution in [0.2, 0.25) is 0 Å². The Balaban J connectivity index is 0.000000220. The Morgan fingerprint density at radius 1 is 0.808 bits per heavy atom. The van der Waals surface area contributed by atoms with Crippen LogP contribution in [0.3, 0.4) is 0 Å². The Morgan fingerprint density at radius 2 is 1.35 bits per heavy atom. The monoisotopic (exact) mass is 376 g/mol. The van der Waals surface area contributed by atoms with E-state index < -0.39 is 0 Å². The predicted molar refractivity (Wildman–Crippen MR) is 115 cm³/mol. The van der Waals surface area contributed by atoms with Gasteiger partial charge in [-0.3, -0.25) is 6.08 Å². The summed E-state index contributed by atoms with van der Waals surface area (Å²) < 4.78 is 1.70. The largest absolute Gasteiger partial charge is 0.126 e. The summed E-state index contributed by atoms with van der Waals surface area (Å²) in [5.41, 5.74) is 0. The normalized spacial score (nSPS) is 14.0. The van der Waals surface area contributed by atoms with Crippen LogP contribution in [-0.4, -0.2) is 3.81 Å². The molecule has 1 fully saturated rings. The molecule has 0 aliphatic heterocycles. The molecule has 0 bridgehead atoms. The van der Waals surface area contributed by atoms with Gasteiger partial charge in [-0.1, -0.05) is 36.4 Å². The average Bonchev–Trinajstić information content (AvgIpc) is 3.38. The third kappa shape index (κ3) is 6.27. The molecule has 5 rings (SSSR count). The van der Waals surface area contributed by atoms with Crippen LogP contribution in [-0.2, 0) is 20.0 Å². The van der Waals surface area contributed by atoms with E-state index in [4.69, 9.17) is 0 Å². The number of rotatable bonds is 0. The van der Waals surface area contributed by atoms with Gasteiger partial charge in [0.05, 0.1) is 0 Å². The van der Waals surface area contributed by atoms with Gasteiger partial charge in [0, 0.05) is 0 Å². The average molecular weight is 376 g/mol. The first-order chi connectivity index (χ1) is 11.8. The van der Waals surface area contributed by atoms with E-state index in [9.17, 15) is 0 Å². The molecular weight excluding hydrogens is 348 g/mol. The molecule has 0 unspecified atom stereocenters. The van der Waals surface area contributed by atoms with E-state index in [-0.39, 0.29) is 14.9 Å². The molecule has 1 heteroatoms. The number of hydrogen-bond donors (Lipinski definition) is 0. The van der Waals surface area contributed by atoms with Crippen molar-refractivity contribution >= 4 is 25.4 Å². The van der Waals surface area contributed by atoms with Crippen LogP contribution in [0.1, 0.15) is 32.1 Å². The maximum atomic E-state index is 2.99. The van der Waals surface area contributed by atoms with Crippen molar-refractivity contribution in [2.45, 2.75) is 32.1 Å². The van der Waals surface area contributed by atoms with Crippen LogP contribution < -0.4 is 0 Å². The van der Waals surface area contributed by atoms with Crippen molar-refractivity contribution in [2.75, 3.05) is 0 Å². The van der Waals surface area contributed by atoms with Gasteiger partial charge >= 0.3 is 49.5 Å². The van der Waals surface area contributed by atoms with Gasteiger partial charge in [-0.25, -0.2) is 12.2 Å². The summed E-state index contributed by atoms with van der Waals surface area (Å²) in [7, 11) is 0. The van der Waals surface area contributed by atoms with Crippen molar-refractivity contribution in [2.24, 2.45) is 0 Å². The molecule has 0 heterocycles. The van der Waals surface area contributed by atoms with Gasteiger partial charge < -0.3 is 14.9 Å². The second kappa shape index (κ2) is 11.9. The number of benzene rings is 2. The molecule has 0 spiro atoms. The van der Waals surface area contributed by atoms with Crippen molar-refractivity contribution in [3.05, 3.63) is 93.8 Å². The van der Waals surface area contributed by atoms with E-state index in [0.717, 1.165) is 6.42 Å². The minimum atomic E-state index is 0. The molecule has 3 aromatic rings. The van der Waals surface area contributed by atoms with Gasteiger partial charge in [0.1, 0.15) is 0 Å². The van der Waals surface area contributed by atoms with E-state index in [1.807, 2.05) is 12.2 Å². The third-order valence-electron chi connectivity index (χ3n) is 4.32. The molecule has 3 aromatic carbocycles. The van der Waals surface area contributed by atoms with E-state index >= 15 is 0 Å². The fraction of sp³-hybridized carbons (Fsp3) is 0.200. The van der Waals surface area contributed by atoms with E-state index in [1.165, 1.54) is 47.2 Å². The Bertz CT molecular complexity index is 796. The summed E-state index contributed by atoms with van der Waals surface area (Å²) >= 11 is 2.26. The van der Waals surface area contributed by atoms with E-state index in [2.05, 4.69) is 86.7 Å². The van der Waals surface area contributed by atoms with Crippen LogP contribution in [0.5, 0.6) is 0 Å². The summed E-state index contributed by atoms with van der Waals surface area (Å²) in [4.78, 5) is 0. The standard InChI is InChI=1S/C13H9.C5H8.C5H5.2CH3.Ti/c1-3-7-12-10(5-1)9-11-6-2-4-8-13(11)12;2*1-2-4-5-3-1;;;/h1-9H;1-4H2;1-3H,4H2;2*1H3;/q-1;;3*-1;. The van der Waals surface area contributed by atoms with Crippen LogP contribution in [0.15, 0.2) is 72.8 Å². The van der Waals surface area contributed by atoms with Gasteiger partial charge in [0.25, 0.3) is 0 Å². The van der Waals surface area contributed by atoms with Crippen molar-refractivity contribution < 1.29 is 20.0 Å². The van der Waals surface area contributed by atoms with Crippen LogP contribution >= 0.6 is 0 Å². The fourth-order valence-corrected chi connectivity index (χ4v) is 3.60. The van der Waals surface area contributed by atoms with Crippen molar-refractivity contribution in [3.63, 3.8) is 0 Å². The molecule has 26 heavy (non-hydrogen) atoms. The predicted octanol–water partition coefficient (Wildman–Crippen LogP) is 7.20. The molecule has 0 nitrogen and oxygen atoms in total. The molecule has 0 radical (unpaired) electrons. The summed E-state index contributed by atoms with van der Waals surface area (Å²) in [5.74, 6) is 0. The molecule has 2 aliphatic carbocycles. The Labute approximate surface area is 170 Å². The first kappa shape index (κ1) is 22.4. The number of hydrogen-bond acceptors (Lipinski definition) is 0. The molecule has 136 valence electrons. The second-order valence-corrected chi connectivity index (χ2v) is 7.24. The van der Waals surface area contributed by atoms with E-state index in [1.54, 1.807) is 3.81 Å². The Morgan fingerprint density at radius 3 is 1.69 bits per heavy atom.